The van der Waals surface area contributed by atoms with Crippen molar-refractivity contribution < 1.29 is 9.53 Å². The molecule has 1 aliphatic carbocycles. The van der Waals surface area contributed by atoms with Crippen LogP contribution in [-0.2, 0) is 16.1 Å². The number of methoxy groups -OCH3 is 1. The van der Waals surface area contributed by atoms with Crippen LogP contribution in [0.1, 0.15) is 36.9 Å². The Kier molecular flexibility index (Phi) is 4.91. The summed E-state index contributed by atoms with van der Waals surface area (Å²) in [6.07, 6.45) is 6.66. The van der Waals surface area contributed by atoms with Gasteiger partial charge >= 0.3 is 5.97 Å². The first-order valence-corrected chi connectivity index (χ1v) is 6.92. The van der Waals surface area contributed by atoms with Crippen LogP contribution >= 0.6 is 0 Å². The maximum absolute atomic E-state index is 11.6. The van der Waals surface area contributed by atoms with Crippen LogP contribution in [-0.4, -0.2) is 35.5 Å². The number of nitrogens with zero attached hydrogens (tertiary/aromatic N) is 2. The molecule has 2 rings (SSSR count). The third-order valence-electron chi connectivity index (χ3n) is 3.87. The number of carbonyl (C=O) groups excluding carboxylic acids is 1. The molecular formula is C15H22N2O2. The summed E-state index contributed by atoms with van der Waals surface area (Å²) in [5.74, 6) is -0.166. The SMILES string of the molecule is COC(=O)CN(Cc1ncccc1C)C1CCCC1. The third kappa shape index (κ3) is 3.77. The maximum Gasteiger partial charge on any atom is 0.319 e. The molecular weight excluding hydrogens is 240 g/mol. The molecule has 0 bridgehead atoms. The first kappa shape index (κ1) is 14.0. The number of aryl methyl sites for hydroxylation is 1. The highest BCUT2D eigenvalue weighted by atomic mass is 16.5. The minimum Gasteiger partial charge on any atom is -0.468 e. The van der Waals surface area contributed by atoms with Crippen LogP contribution in [0.3, 0.4) is 0 Å². The maximum atomic E-state index is 11.6. The highest BCUT2D eigenvalue weighted by Gasteiger charge is 2.25. The predicted octanol–water partition coefficient (Wildman–Crippen LogP) is 2.31. The average molecular weight is 262 g/mol. The fourth-order valence-corrected chi connectivity index (χ4v) is 2.69. The van der Waals surface area contributed by atoms with Gasteiger partial charge in [-0.3, -0.25) is 14.7 Å². The zero-order chi connectivity index (χ0) is 13.7. The molecule has 4 nitrogen and oxygen atoms in total. The number of rotatable bonds is 5. The molecule has 0 atom stereocenters. The van der Waals surface area contributed by atoms with Crippen molar-refractivity contribution in [3.05, 3.63) is 29.6 Å². The van der Waals surface area contributed by atoms with Crippen LogP contribution in [0.2, 0.25) is 0 Å². The number of aromatic nitrogens is 1. The van der Waals surface area contributed by atoms with Crippen molar-refractivity contribution in [1.29, 1.82) is 0 Å². The van der Waals surface area contributed by atoms with E-state index >= 15 is 0 Å². The fourth-order valence-electron chi connectivity index (χ4n) is 2.69. The van der Waals surface area contributed by atoms with Gasteiger partial charge in [-0.05, 0) is 31.4 Å². The minimum atomic E-state index is -0.166. The van der Waals surface area contributed by atoms with Gasteiger partial charge in [0, 0.05) is 18.8 Å². The van der Waals surface area contributed by atoms with E-state index in [0.29, 0.717) is 12.6 Å². The normalized spacial score (nSPS) is 15.9. The largest absolute Gasteiger partial charge is 0.468 e. The van der Waals surface area contributed by atoms with E-state index in [9.17, 15) is 4.79 Å². The van der Waals surface area contributed by atoms with Crippen molar-refractivity contribution in [1.82, 2.24) is 9.88 Å². The van der Waals surface area contributed by atoms with Crippen LogP contribution in [0.5, 0.6) is 0 Å². The monoisotopic (exact) mass is 262 g/mol. The zero-order valence-electron chi connectivity index (χ0n) is 11.8. The van der Waals surface area contributed by atoms with E-state index in [4.69, 9.17) is 4.74 Å². The topological polar surface area (TPSA) is 42.4 Å². The number of esters is 1. The summed E-state index contributed by atoms with van der Waals surface area (Å²) in [4.78, 5) is 18.2. The standard InChI is InChI=1S/C15H22N2O2/c1-12-6-5-9-16-14(12)10-17(11-15(18)19-2)13-7-3-4-8-13/h5-6,9,13H,3-4,7-8,10-11H2,1-2H3. The van der Waals surface area contributed by atoms with E-state index < -0.39 is 0 Å². The Morgan fingerprint density at radius 1 is 1.47 bits per heavy atom. The van der Waals surface area contributed by atoms with E-state index in [-0.39, 0.29) is 5.97 Å². The van der Waals surface area contributed by atoms with E-state index in [1.54, 1.807) is 0 Å². The van der Waals surface area contributed by atoms with Crippen molar-refractivity contribution in [3.63, 3.8) is 0 Å². The Labute approximate surface area is 114 Å². The molecule has 0 saturated heterocycles. The van der Waals surface area contributed by atoms with E-state index in [1.807, 2.05) is 12.3 Å². The van der Waals surface area contributed by atoms with Crippen LogP contribution in [0, 0.1) is 6.92 Å². The van der Waals surface area contributed by atoms with Gasteiger partial charge in [0.2, 0.25) is 0 Å². The molecule has 0 aliphatic heterocycles. The lowest BCUT2D eigenvalue weighted by Crippen LogP contribution is -2.37. The fraction of sp³-hybridized carbons (Fsp3) is 0.600. The average Bonchev–Trinajstić information content (AvgIpc) is 2.94. The highest BCUT2D eigenvalue weighted by molar-refractivity contribution is 5.71. The lowest BCUT2D eigenvalue weighted by molar-refractivity contribution is -0.142. The molecule has 1 saturated carbocycles. The molecule has 1 aromatic heterocycles. The molecule has 1 fully saturated rings. The second kappa shape index (κ2) is 6.66. The van der Waals surface area contributed by atoms with Crippen molar-refractivity contribution in [2.75, 3.05) is 13.7 Å². The molecule has 104 valence electrons. The second-order valence-electron chi connectivity index (χ2n) is 5.19. The molecule has 0 unspecified atom stereocenters. The Hall–Kier alpha value is -1.42. The van der Waals surface area contributed by atoms with Crippen molar-refractivity contribution in [3.8, 4) is 0 Å². The van der Waals surface area contributed by atoms with Gasteiger partial charge in [-0.25, -0.2) is 0 Å². The molecule has 0 spiro atoms. The van der Waals surface area contributed by atoms with Crippen LogP contribution in [0.4, 0.5) is 0 Å². The van der Waals surface area contributed by atoms with Crippen LogP contribution in [0.25, 0.3) is 0 Å². The Bertz CT molecular complexity index is 428. The van der Waals surface area contributed by atoms with Crippen molar-refractivity contribution in [2.45, 2.75) is 45.2 Å². The van der Waals surface area contributed by atoms with Gasteiger partial charge in [-0.2, -0.15) is 0 Å². The predicted molar refractivity (Wildman–Crippen MR) is 73.7 cm³/mol. The minimum absolute atomic E-state index is 0.166. The molecule has 0 radical (unpaired) electrons. The van der Waals surface area contributed by atoms with Gasteiger partial charge in [-0.1, -0.05) is 18.9 Å². The van der Waals surface area contributed by atoms with Gasteiger partial charge in [0.15, 0.2) is 0 Å². The number of hydrogen-bond acceptors (Lipinski definition) is 4. The first-order chi connectivity index (χ1) is 9.20. The summed E-state index contributed by atoms with van der Waals surface area (Å²) in [6, 6.07) is 4.49. The summed E-state index contributed by atoms with van der Waals surface area (Å²) in [5, 5.41) is 0. The molecule has 19 heavy (non-hydrogen) atoms. The van der Waals surface area contributed by atoms with Crippen molar-refractivity contribution in [2.24, 2.45) is 0 Å². The molecule has 0 aromatic carbocycles. The summed E-state index contributed by atoms with van der Waals surface area (Å²) in [5.41, 5.74) is 2.23. The Balaban J connectivity index is 2.08. The molecule has 0 amide bonds. The van der Waals surface area contributed by atoms with Gasteiger partial charge in [-0.15, -0.1) is 0 Å². The lowest BCUT2D eigenvalue weighted by atomic mass is 10.1. The van der Waals surface area contributed by atoms with Gasteiger partial charge in [0.05, 0.1) is 19.3 Å². The quantitative estimate of drug-likeness (QED) is 0.764. The summed E-state index contributed by atoms with van der Waals surface area (Å²) in [6.45, 7) is 3.15. The second-order valence-corrected chi connectivity index (χ2v) is 5.19. The lowest BCUT2D eigenvalue weighted by Gasteiger charge is -2.27. The number of ether oxygens (including phenoxy) is 1. The van der Waals surface area contributed by atoms with E-state index in [1.165, 1.54) is 38.4 Å². The summed E-state index contributed by atoms with van der Waals surface area (Å²) < 4.78 is 4.81. The first-order valence-electron chi connectivity index (χ1n) is 6.92. The molecule has 1 heterocycles. The zero-order valence-corrected chi connectivity index (χ0v) is 11.8. The molecule has 1 aromatic rings. The van der Waals surface area contributed by atoms with Crippen LogP contribution in [0.15, 0.2) is 18.3 Å². The van der Waals surface area contributed by atoms with E-state index in [2.05, 4.69) is 22.9 Å². The summed E-state index contributed by atoms with van der Waals surface area (Å²) >= 11 is 0. The number of pyridine rings is 1. The number of carbonyl (C=O) groups is 1. The molecule has 0 N–H and O–H groups in total. The van der Waals surface area contributed by atoms with Gasteiger partial charge < -0.3 is 4.74 Å². The molecule has 1 aliphatic rings. The number of hydrogen-bond donors (Lipinski definition) is 0. The third-order valence-corrected chi connectivity index (χ3v) is 3.87. The van der Waals surface area contributed by atoms with Gasteiger partial charge in [0.1, 0.15) is 0 Å². The Morgan fingerprint density at radius 3 is 2.84 bits per heavy atom. The van der Waals surface area contributed by atoms with E-state index in [0.717, 1.165) is 12.2 Å². The van der Waals surface area contributed by atoms with Gasteiger partial charge in [0.25, 0.3) is 0 Å². The highest BCUT2D eigenvalue weighted by Crippen LogP contribution is 2.25. The van der Waals surface area contributed by atoms with Crippen LogP contribution < -0.4 is 0 Å². The Morgan fingerprint density at radius 2 is 2.21 bits per heavy atom. The smallest absolute Gasteiger partial charge is 0.319 e. The van der Waals surface area contributed by atoms with Crippen molar-refractivity contribution >= 4 is 5.97 Å². The molecule has 4 heteroatoms. The summed E-state index contributed by atoms with van der Waals surface area (Å²) in [7, 11) is 1.45.